The van der Waals surface area contributed by atoms with E-state index in [1.54, 1.807) is 13.8 Å². The molecule has 0 aliphatic heterocycles. The Balaban J connectivity index is 1.66. The summed E-state index contributed by atoms with van der Waals surface area (Å²) in [5.41, 5.74) is 2.95. The van der Waals surface area contributed by atoms with Crippen molar-refractivity contribution in [2.45, 2.75) is 79.1 Å². The van der Waals surface area contributed by atoms with Gasteiger partial charge in [-0.2, -0.15) is 0 Å². The molecule has 39 heavy (non-hydrogen) atoms. The maximum atomic E-state index is 12.3. The van der Waals surface area contributed by atoms with E-state index in [1.807, 2.05) is 70.2 Å². The number of hydrogen-bond donors (Lipinski definition) is 1. The van der Waals surface area contributed by atoms with Gasteiger partial charge in [-0.15, -0.1) is 0 Å². The number of amides is 1. The molecule has 0 spiro atoms. The van der Waals surface area contributed by atoms with Gasteiger partial charge in [0.15, 0.2) is 0 Å². The number of hydrogen-bond acceptors (Lipinski definition) is 7. The molecule has 1 N–H and O–H groups in total. The first-order valence-electron chi connectivity index (χ1n) is 13.0. The van der Waals surface area contributed by atoms with Crippen molar-refractivity contribution in [2.24, 2.45) is 0 Å². The number of benzene rings is 2. The molecule has 1 amide bonds. The van der Waals surface area contributed by atoms with Crippen LogP contribution in [-0.2, 0) is 33.7 Å². The number of alkyl carbamates (subject to hydrolysis) is 1. The number of halogens is 1. The van der Waals surface area contributed by atoms with Gasteiger partial charge in [0.25, 0.3) is 0 Å². The normalized spacial score (nSPS) is 11.4. The second-order valence-corrected chi connectivity index (χ2v) is 11.4. The van der Waals surface area contributed by atoms with Gasteiger partial charge in [-0.3, -0.25) is 4.79 Å². The Labute approximate surface area is 238 Å². The average molecular weight is 602 g/mol. The number of aromatic nitrogens is 1. The molecular formula is C30H37BrN2O6. The Morgan fingerprint density at radius 3 is 2.54 bits per heavy atom. The summed E-state index contributed by atoms with van der Waals surface area (Å²) in [6.07, 6.45) is 0.541. The van der Waals surface area contributed by atoms with E-state index in [4.69, 9.17) is 18.6 Å². The molecule has 0 aliphatic rings. The molecule has 0 saturated heterocycles. The van der Waals surface area contributed by atoms with Crippen molar-refractivity contribution in [1.29, 1.82) is 0 Å². The molecule has 2 aromatic carbocycles. The van der Waals surface area contributed by atoms with Crippen LogP contribution in [0.5, 0.6) is 5.75 Å². The fourth-order valence-corrected chi connectivity index (χ4v) is 4.22. The minimum absolute atomic E-state index is 0.227. The minimum Gasteiger partial charge on any atom is -0.493 e. The number of aryl methyl sites for hydroxylation is 2. The summed E-state index contributed by atoms with van der Waals surface area (Å²) in [6.45, 7) is 11.6. The maximum absolute atomic E-state index is 12.3. The predicted molar refractivity (Wildman–Crippen MR) is 153 cm³/mol. The zero-order chi connectivity index (χ0) is 28.6. The largest absolute Gasteiger partial charge is 0.493 e. The van der Waals surface area contributed by atoms with E-state index in [0.29, 0.717) is 31.1 Å². The van der Waals surface area contributed by atoms with Crippen LogP contribution in [0.1, 0.15) is 63.6 Å². The highest BCUT2D eigenvalue weighted by molar-refractivity contribution is 9.10. The predicted octanol–water partition coefficient (Wildman–Crippen LogP) is 6.94. The van der Waals surface area contributed by atoms with Gasteiger partial charge in [0, 0.05) is 29.4 Å². The molecule has 0 radical (unpaired) electrons. The zero-order valence-corrected chi connectivity index (χ0v) is 25.0. The second kappa shape index (κ2) is 13.6. The van der Waals surface area contributed by atoms with Crippen LogP contribution in [0.4, 0.5) is 4.79 Å². The molecule has 0 unspecified atom stereocenters. The first kappa shape index (κ1) is 30.2. The standard InChI is InChI=1S/C30H37BrN2O6/c1-19(2)37-29(35)32-18-23-17-25(12-10-21(23)11-13-27(34)39-30(4,5)6)36-15-14-26-20(3)38-28(33-26)22-8-7-9-24(31)16-22/h7-10,12,16-17,19H,11,13-15,18H2,1-6H3,(H,32,35). The first-order valence-corrected chi connectivity index (χ1v) is 13.8. The Hall–Kier alpha value is -3.33. The molecule has 0 saturated carbocycles. The molecule has 1 heterocycles. The van der Waals surface area contributed by atoms with Crippen LogP contribution in [0.15, 0.2) is 51.4 Å². The number of oxazole rings is 1. The number of ether oxygens (including phenoxy) is 3. The monoisotopic (exact) mass is 600 g/mol. The summed E-state index contributed by atoms with van der Waals surface area (Å²) in [6, 6.07) is 13.5. The summed E-state index contributed by atoms with van der Waals surface area (Å²) >= 11 is 3.48. The molecule has 1 aromatic heterocycles. The third-order valence-corrected chi connectivity index (χ3v) is 6.03. The van der Waals surface area contributed by atoms with Crippen molar-refractivity contribution in [2.75, 3.05) is 6.61 Å². The lowest BCUT2D eigenvalue weighted by molar-refractivity contribution is -0.154. The van der Waals surface area contributed by atoms with Crippen molar-refractivity contribution >= 4 is 28.0 Å². The maximum Gasteiger partial charge on any atom is 0.407 e. The van der Waals surface area contributed by atoms with Crippen LogP contribution in [0.25, 0.3) is 11.5 Å². The van der Waals surface area contributed by atoms with Crippen molar-refractivity contribution in [3.63, 3.8) is 0 Å². The third kappa shape index (κ3) is 10.1. The van der Waals surface area contributed by atoms with Crippen LogP contribution >= 0.6 is 15.9 Å². The van der Waals surface area contributed by atoms with E-state index in [2.05, 4.69) is 26.2 Å². The lowest BCUT2D eigenvalue weighted by Crippen LogP contribution is -2.27. The number of carbonyl (C=O) groups is 2. The fourth-order valence-electron chi connectivity index (χ4n) is 3.82. The number of nitrogens with zero attached hydrogens (tertiary/aromatic N) is 1. The summed E-state index contributed by atoms with van der Waals surface area (Å²) in [7, 11) is 0. The Morgan fingerprint density at radius 1 is 1.08 bits per heavy atom. The topological polar surface area (TPSA) is 99.9 Å². The lowest BCUT2D eigenvalue weighted by Gasteiger charge is -2.20. The SMILES string of the molecule is Cc1oc(-c2cccc(Br)c2)nc1CCOc1ccc(CCC(=O)OC(C)(C)C)c(CNC(=O)OC(C)C)c1. The van der Waals surface area contributed by atoms with Gasteiger partial charge in [0.1, 0.15) is 17.1 Å². The second-order valence-electron chi connectivity index (χ2n) is 10.5. The van der Waals surface area contributed by atoms with Crippen LogP contribution in [0, 0.1) is 6.92 Å². The van der Waals surface area contributed by atoms with E-state index in [-0.39, 0.29) is 25.0 Å². The van der Waals surface area contributed by atoms with E-state index < -0.39 is 11.7 Å². The Morgan fingerprint density at radius 2 is 1.85 bits per heavy atom. The molecular weight excluding hydrogens is 564 g/mol. The Kier molecular flexibility index (Phi) is 10.6. The number of rotatable bonds is 11. The van der Waals surface area contributed by atoms with Gasteiger partial charge in [-0.05, 0) is 89.4 Å². The molecule has 9 heteroatoms. The summed E-state index contributed by atoms with van der Waals surface area (Å²) in [5.74, 6) is 1.70. The van der Waals surface area contributed by atoms with E-state index in [0.717, 1.165) is 32.6 Å². The highest BCUT2D eigenvalue weighted by Gasteiger charge is 2.17. The molecule has 0 atom stereocenters. The van der Waals surface area contributed by atoms with Gasteiger partial charge in [-0.25, -0.2) is 9.78 Å². The van der Waals surface area contributed by atoms with Gasteiger partial charge in [0.05, 0.1) is 18.4 Å². The van der Waals surface area contributed by atoms with Gasteiger partial charge < -0.3 is 23.9 Å². The highest BCUT2D eigenvalue weighted by Crippen LogP contribution is 2.25. The minimum atomic E-state index is -0.541. The quantitative estimate of drug-likeness (QED) is 0.238. The van der Waals surface area contributed by atoms with Crippen molar-refractivity contribution < 1.29 is 28.2 Å². The van der Waals surface area contributed by atoms with Crippen LogP contribution in [-0.4, -0.2) is 35.4 Å². The van der Waals surface area contributed by atoms with Crippen LogP contribution in [0.2, 0.25) is 0 Å². The number of nitrogens with one attached hydrogen (secondary N) is 1. The van der Waals surface area contributed by atoms with Crippen molar-refractivity contribution in [3.05, 3.63) is 69.5 Å². The lowest BCUT2D eigenvalue weighted by atomic mass is 10.0. The summed E-state index contributed by atoms with van der Waals surface area (Å²) < 4.78 is 23.5. The molecule has 0 fully saturated rings. The van der Waals surface area contributed by atoms with Gasteiger partial charge in [0.2, 0.25) is 5.89 Å². The van der Waals surface area contributed by atoms with Crippen LogP contribution in [0.3, 0.4) is 0 Å². The van der Waals surface area contributed by atoms with Crippen LogP contribution < -0.4 is 10.1 Å². The molecule has 3 aromatic rings. The van der Waals surface area contributed by atoms with E-state index in [9.17, 15) is 9.59 Å². The van der Waals surface area contributed by atoms with E-state index in [1.165, 1.54) is 0 Å². The third-order valence-electron chi connectivity index (χ3n) is 5.53. The molecule has 3 rings (SSSR count). The van der Waals surface area contributed by atoms with Crippen molar-refractivity contribution in [1.82, 2.24) is 10.3 Å². The number of carbonyl (C=O) groups excluding carboxylic acids is 2. The van der Waals surface area contributed by atoms with Gasteiger partial charge in [-0.1, -0.05) is 28.1 Å². The fraction of sp³-hybridized carbons (Fsp3) is 0.433. The molecule has 0 bridgehead atoms. The molecule has 0 aliphatic carbocycles. The average Bonchev–Trinajstić information content (AvgIpc) is 3.21. The number of esters is 1. The summed E-state index contributed by atoms with van der Waals surface area (Å²) in [4.78, 5) is 29.0. The van der Waals surface area contributed by atoms with Crippen molar-refractivity contribution in [3.8, 4) is 17.2 Å². The van der Waals surface area contributed by atoms with E-state index >= 15 is 0 Å². The van der Waals surface area contributed by atoms with Gasteiger partial charge >= 0.3 is 12.1 Å². The molecule has 8 nitrogen and oxygen atoms in total. The Bertz CT molecular complexity index is 1280. The highest BCUT2D eigenvalue weighted by atomic mass is 79.9. The smallest absolute Gasteiger partial charge is 0.407 e. The first-order chi connectivity index (χ1) is 18.4. The molecule has 210 valence electrons. The summed E-state index contributed by atoms with van der Waals surface area (Å²) in [5, 5.41) is 2.78. The zero-order valence-electron chi connectivity index (χ0n) is 23.4.